The number of hydrogen-bond donors (Lipinski definition) is 1. The standard InChI is InChI=1S/C21H26O9/c1-8(2)10-6-11-18-7-12-20(26-5,9(3)14(22)27-12)21(18,16(24)28-11)30-17-19(10,18)13(25-4)15(23)29-17/h9-13,15,17,23H,1,6-7H2,2-5H3/t9-,10+,11?,12?,13+,15+,17?,18?,19?,20-,21?/m1/s1. The molecule has 6 rings (SSSR count). The molecular formula is C21H26O9. The summed E-state index contributed by atoms with van der Waals surface area (Å²) in [5, 5.41) is 10.7. The van der Waals surface area contributed by atoms with Crippen molar-refractivity contribution in [2.24, 2.45) is 22.7 Å². The largest absolute Gasteiger partial charge is 0.459 e. The van der Waals surface area contributed by atoms with Crippen molar-refractivity contribution in [3.8, 4) is 0 Å². The van der Waals surface area contributed by atoms with Crippen molar-refractivity contribution in [3.63, 3.8) is 0 Å². The Morgan fingerprint density at radius 2 is 1.97 bits per heavy atom. The van der Waals surface area contributed by atoms with Gasteiger partial charge in [-0.1, -0.05) is 12.2 Å². The molecule has 11 atom stereocenters. The number of rotatable bonds is 3. The van der Waals surface area contributed by atoms with Gasteiger partial charge in [0.15, 0.2) is 18.2 Å². The lowest BCUT2D eigenvalue weighted by molar-refractivity contribution is -0.267. The number of aliphatic hydroxyl groups excluding tert-OH is 1. The minimum Gasteiger partial charge on any atom is -0.459 e. The number of carbonyl (C=O) groups excluding carboxylic acids is 2. The molecule has 30 heavy (non-hydrogen) atoms. The summed E-state index contributed by atoms with van der Waals surface area (Å²) >= 11 is 0. The van der Waals surface area contributed by atoms with Crippen LogP contribution in [-0.4, -0.2) is 73.4 Å². The van der Waals surface area contributed by atoms with E-state index in [1.807, 2.05) is 6.92 Å². The van der Waals surface area contributed by atoms with Crippen molar-refractivity contribution in [3.05, 3.63) is 12.2 Å². The zero-order chi connectivity index (χ0) is 21.4. The first-order chi connectivity index (χ1) is 14.2. The number of hydrogen-bond acceptors (Lipinski definition) is 9. The van der Waals surface area contributed by atoms with Crippen molar-refractivity contribution in [1.82, 2.24) is 0 Å². The number of esters is 2. The summed E-state index contributed by atoms with van der Waals surface area (Å²) in [6.07, 6.45) is -3.35. The highest BCUT2D eigenvalue weighted by atomic mass is 16.8. The third-order valence-electron chi connectivity index (χ3n) is 9.16. The predicted octanol–water partition coefficient (Wildman–Crippen LogP) is 0.290. The average molecular weight is 422 g/mol. The Labute approximate surface area is 173 Å². The SMILES string of the molecule is C=C(C)[C@@H]1CC2OC(=O)C34OC5O[C@H](O)[C@H](OC)C51C23CC1OC(=O)[C@@H](C)[C@@]14OC. The Morgan fingerprint density at radius 1 is 1.23 bits per heavy atom. The Hall–Kier alpha value is -1.52. The van der Waals surface area contributed by atoms with Gasteiger partial charge in [0.25, 0.3) is 0 Å². The number of carbonyl (C=O) groups is 2. The molecule has 2 spiro atoms. The van der Waals surface area contributed by atoms with Crippen LogP contribution in [0.4, 0.5) is 0 Å². The maximum absolute atomic E-state index is 13.6. The zero-order valence-electron chi connectivity index (χ0n) is 17.4. The first-order valence-electron chi connectivity index (χ1n) is 10.4. The normalized spacial score (nSPS) is 59.6. The lowest BCUT2D eigenvalue weighted by Crippen LogP contribution is -2.67. The Balaban J connectivity index is 1.69. The van der Waals surface area contributed by atoms with E-state index < -0.39 is 70.8 Å². The molecule has 2 aliphatic carbocycles. The minimum atomic E-state index is -1.61. The fraction of sp³-hybridized carbons (Fsp3) is 0.810. The van der Waals surface area contributed by atoms with Gasteiger partial charge in [0.2, 0.25) is 5.60 Å². The number of aliphatic hydroxyl groups is 1. The molecule has 0 aromatic rings. The second kappa shape index (κ2) is 5.27. The van der Waals surface area contributed by atoms with Crippen LogP contribution >= 0.6 is 0 Å². The number of fused-ring (bicyclic) bond motifs is 1. The lowest BCUT2D eigenvalue weighted by atomic mass is 9.53. The Morgan fingerprint density at radius 3 is 2.60 bits per heavy atom. The topological polar surface area (TPSA) is 110 Å². The van der Waals surface area contributed by atoms with E-state index in [1.165, 1.54) is 14.2 Å². The van der Waals surface area contributed by atoms with Gasteiger partial charge in [-0.05, 0) is 26.2 Å². The van der Waals surface area contributed by atoms with Gasteiger partial charge in [0.1, 0.15) is 18.3 Å². The van der Waals surface area contributed by atoms with Crippen molar-refractivity contribution < 1.29 is 43.1 Å². The fourth-order valence-electron chi connectivity index (χ4n) is 8.45. The molecule has 0 amide bonds. The molecule has 0 aromatic carbocycles. The zero-order valence-corrected chi connectivity index (χ0v) is 17.4. The monoisotopic (exact) mass is 422 g/mol. The molecule has 164 valence electrons. The molecule has 1 N–H and O–H groups in total. The average Bonchev–Trinajstić information content (AvgIpc) is 3.39. The van der Waals surface area contributed by atoms with Crippen LogP contribution in [0.1, 0.15) is 26.7 Å². The molecule has 4 saturated heterocycles. The van der Waals surface area contributed by atoms with Crippen molar-refractivity contribution in [1.29, 1.82) is 0 Å². The van der Waals surface area contributed by atoms with E-state index in [0.29, 0.717) is 12.8 Å². The van der Waals surface area contributed by atoms with Crippen molar-refractivity contribution in [2.45, 2.75) is 68.8 Å². The van der Waals surface area contributed by atoms with Crippen LogP contribution < -0.4 is 0 Å². The molecule has 4 aliphatic heterocycles. The van der Waals surface area contributed by atoms with Gasteiger partial charge in [-0.2, -0.15) is 0 Å². The first kappa shape index (κ1) is 19.2. The maximum atomic E-state index is 13.6. The van der Waals surface area contributed by atoms with Crippen LogP contribution in [0.5, 0.6) is 0 Å². The lowest BCUT2D eigenvalue weighted by Gasteiger charge is -2.46. The van der Waals surface area contributed by atoms with Gasteiger partial charge in [-0.15, -0.1) is 0 Å². The van der Waals surface area contributed by atoms with E-state index in [1.54, 1.807) is 6.92 Å². The molecule has 6 unspecified atom stereocenters. The van der Waals surface area contributed by atoms with E-state index in [0.717, 1.165) is 5.57 Å². The summed E-state index contributed by atoms with van der Waals surface area (Å²) in [7, 11) is 2.98. The summed E-state index contributed by atoms with van der Waals surface area (Å²) in [4.78, 5) is 26.2. The van der Waals surface area contributed by atoms with Crippen molar-refractivity contribution in [2.75, 3.05) is 14.2 Å². The smallest absolute Gasteiger partial charge is 0.342 e. The number of allylic oxidation sites excluding steroid dienone is 1. The minimum absolute atomic E-state index is 0.191. The number of methoxy groups -OCH3 is 2. The third kappa shape index (κ3) is 1.41. The summed E-state index contributed by atoms with van der Waals surface area (Å²) in [6.45, 7) is 7.80. The van der Waals surface area contributed by atoms with E-state index in [4.69, 9.17) is 28.4 Å². The Bertz CT molecular complexity index is 888. The van der Waals surface area contributed by atoms with E-state index in [2.05, 4.69) is 6.58 Å². The second-order valence-electron chi connectivity index (χ2n) is 9.60. The van der Waals surface area contributed by atoms with Crippen LogP contribution in [0.25, 0.3) is 0 Å². The highest BCUT2D eigenvalue weighted by Gasteiger charge is 3.00. The van der Waals surface area contributed by atoms with E-state index in [9.17, 15) is 14.7 Å². The van der Waals surface area contributed by atoms with Crippen LogP contribution in [0.3, 0.4) is 0 Å². The van der Waals surface area contributed by atoms with Gasteiger partial charge in [0, 0.05) is 20.6 Å². The summed E-state index contributed by atoms with van der Waals surface area (Å²) in [5.41, 5.74) is -4.00. The molecule has 6 fully saturated rings. The molecule has 0 bridgehead atoms. The summed E-state index contributed by atoms with van der Waals surface area (Å²) < 4.78 is 35.9. The van der Waals surface area contributed by atoms with Gasteiger partial charge >= 0.3 is 11.9 Å². The first-order valence-corrected chi connectivity index (χ1v) is 10.4. The predicted molar refractivity (Wildman–Crippen MR) is 96.6 cm³/mol. The molecule has 4 heterocycles. The fourth-order valence-corrected chi connectivity index (χ4v) is 8.45. The quantitative estimate of drug-likeness (QED) is 0.507. The second-order valence-corrected chi connectivity index (χ2v) is 9.60. The Kier molecular flexibility index (Phi) is 3.37. The highest BCUT2D eigenvalue weighted by Crippen LogP contribution is 2.84. The molecule has 2 saturated carbocycles. The van der Waals surface area contributed by atoms with Crippen LogP contribution in [-0.2, 0) is 38.0 Å². The van der Waals surface area contributed by atoms with Gasteiger partial charge in [0.05, 0.1) is 16.7 Å². The van der Waals surface area contributed by atoms with Crippen LogP contribution in [0.2, 0.25) is 0 Å². The van der Waals surface area contributed by atoms with Crippen molar-refractivity contribution >= 4 is 11.9 Å². The molecule has 0 radical (unpaired) electrons. The van der Waals surface area contributed by atoms with Crippen LogP contribution in [0, 0.1) is 22.7 Å². The van der Waals surface area contributed by atoms with E-state index >= 15 is 0 Å². The molecule has 6 aliphatic rings. The van der Waals surface area contributed by atoms with Gasteiger partial charge < -0.3 is 33.5 Å². The molecule has 9 nitrogen and oxygen atoms in total. The summed E-state index contributed by atoms with van der Waals surface area (Å²) in [6, 6.07) is 0. The van der Waals surface area contributed by atoms with Gasteiger partial charge in [-0.3, -0.25) is 4.79 Å². The molecular weight excluding hydrogens is 396 g/mol. The molecule has 9 heteroatoms. The molecule has 0 aromatic heterocycles. The van der Waals surface area contributed by atoms with E-state index in [-0.39, 0.29) is 5.92 Å². The number of ether oxygens (including phenoxy) is 6. The maximum Gasteiger partial charge on any atom is 0.342 e. The highest BCUT2D eigenvalue weighted by molar-refractivity contribution is 5.92. The van der Waals surface area contributed by atoms with Crippen LogP contribution in [0.15, 0.2) is 12.2 Å². The summed E-state index contributed by atoms with van der Waals surface area (Å²) in [5.74, 6) is -1.94. The third-order valence-corrected chi connectivity index (χ3v) is 9.16. The van der Waals surface area contributed by atoms with Gasteiger partial charge in [-0.25, -0.2) is 4.79 Å².